The summed E-state index contributed by atoms with van der Waals surface area (Å²) in [5.41, 5.74) is 1.93. The smallest absolute Gasteiger partial charge is 0.257 e. The number of nitrogens with one attached hydrogen (secondary N) is 1. The van der Waals surface area contributed by atoms with Gasteiger partial charge in [-0.3, -0.25) is 4.79 Å². The van der Waals surface area contributed by atoms with Crippen molar-refractivity contribution in [1.82, 2.24) is 14.8 Å². The first kappa shape index (κ1) is 16.9. The number of nitrogens with zero attached hydrogens (tertiary/aromatic N) is 3. The van der Waals surface area contributed by atoms with Crippen molar-refractivity contribution in [2.45, 2.75) is 6.92 Å². The Bertz CT molecular complexity index is 1140. The number of carbonyl (C=O) groups is 1. The number of halogens is 2. The van der Waals surface area contributed by atoms with Crippen LogP contribution < -0.4 is 5.32 Å². The van der Waals surface area contributed by atoms with Crippen molar-refractivity contribution in [3.8, 4) is 5.13 Å². The van der Waals surface area contributed by atoms with Crippen LogP contribution in [0.25, 0.3) is 15.3 Å². The van der Waals surface area contributed by atoms with Crippen molar-refractivity contribution in [2.24, 2.45) is 0 Å². The van der Waals surface area contributed by atoms with Crippen molar-refractivity contribution >= 4 is 49.2 Å². The second kappa shape index (κ2) is 6.62. The van der Waals surface area contributed by atoms with Gasteiger partial charge in [0, 0.05) is 10.5 Å². The first-order valence-electron chi connectivity index (χ1n) is 7.70. The highest BCUT2D eigenvalue weighted by atomic mass is 79.9. The Balaban J connectivity index is 1.72. The Morgan fingerprint density at radius 1 is 1.23 bits per heavy atom. The number of amides is 1. The molecule has 2 aromatic heterocycles. The molecule has 4 rings (SSSR count). The monoisotopic (exact) mass is 430 g/mol. The fraction of sp³-hybridized carbons (Fsp3) is 0.0556. The second-order valence-electron chi connectivity index (χ2n) is 5.63. The van der Waals surface area contributed by atoms with Crippen molar-refractivity contribution < 1.29 is 9.18 Å². The molecule has 0 aliphatic rings. The summed E-state index contributed by atoms with van der Waals surface area (Å²) < 4.78 is 16.4. The summed E-state index contributed by atoms with van der Waals surface area (Å²) in [6, 6.07) is 13.4. The van der Waals surface area contributed by atoms with Crippen LogP contribution in [-0.2, 0) is 0 Å². The van der Waals surface area contributed by atoms with Crippen LogP contribution in [0.5, 0.6) is 0 Å². The second-order valence-corrected chi connectivity index (χ2v) is 7.49. The highest BCUT2D eigenvalue weighted by Gasteiger charge is 2.16. The molecule has 1 amide bonds. The van der Waals surface area contributed by atoms with Gasteiger partial charge in [-0.15, -0.1) is 0 Å². The number of aryl methyl sites for hydroxylation is 1. The maximum atomic E-state index is 13.4. The van der Waals surface area contributed by atoms with E-state index in [-0.39, 0.29) is 11.7 Å². The van der Waals surface area contributed by atoms with E-state index in [9.17, 15) is 9.18 Å². The molecule has 2 heterocycles. The van der Waals surface area contributed by atoms with E-state index in [0.717, 1.165) is 10.4 Å². The number of anilines is 1. The van der Waals surface area contributed by atoms with Crippen LogP contribution in [0.15, 0.2) is 53.0 Å². The normalized spacial score (nSPS) is 11.0. The van der Waals surface area contributed by atoms with Gasteiger partial charge in [0.05, 0.1) is 21.5 Å². The van der Waals surface area contributed by atoms with E-state index in [1.807, 2.05) is 13.0 Å². The zero-order chi connectivity index (χ0) is 18.3. The highest BCUT2D eigenvalue weighted by Crippen LogP contribution is 2.28. The van der Waals surface area contributed by atoms with Gasteiger partial charge in [-0.2, -0.15) is 9.78 Å². The van der Waals surface area contributed by atoms with Gasteiger partial charge in [-0.05, 0) is 53.2 Å². The van der Waals surface area contributed by atoms with Gasteiger partial charge in [0.15, 0.2) is 0 Å². The van der Waals surface area contributed by atoms with Crippen molar-refractivity contribution in [3.05, 3.63) is 70.1 Å². The summed E-state index contributed by atoms with van der Waals surface area (Å²) in [6.07, 6.45) is 0. The lowest BCUT2D eigenvalue weighted by molar-refractivity contribution is 0.102. The van der Waals surface area contributed by atoms with E-state index in [4.69, 9.17) is 0 Å². The van der Waals surface area contributed by atoms with Crippen LogP contribution in [0.2, 0.25) is 0 Å². The zero-order valence-electron chi connectivity index (χ0n) is 13.5. The molecule has 4 aromatic rings. The highest BCUT2D eigenvalue weighted by molar-refractivity contribution is 9.10. The molecule has 8 heteroatoms. The van der Waals surface area contributed by atoms with E-state index in [1.165, 1.54) is 23.5 Å². The minimum Gasteiger partial charge on any atom is -0.306 e. The van der Waals surface area contributed by atoms with E-state index in [1.54, 1.807) is 35.0 Å². The molecule has 2 aromatic carbocycles. The Kier molecular flexibility index (Phi) is 4.29. The predicted octanol–water partition coefficient (Wildman–Crippen LogP) is 4.94. The lowest BCUT2D eigenvalue weighted by atomic mass is 10.2. The number of thiazole rings is 1. The average molecular weight is 431 g/mol. The number of hydrogen-bond acceptors (Lipinski definition) is 4. The molecule has 0 bridgehead atoms. The van der Waals surface area contributed by atoms with E-state index < -0.39 is 0 Å². The number of hydrogen-bond donors (Lipinski definition) is 1. The minimum absolute atomic E-state index is 0.259. The summed E-state index contributed by atoms with van der Waals surface area (Å²) in [6.45, 7) is 1.83. The molecule has 0 saturated heterocycles. The molecule has 26 heavy (non-hydrogen) atoms. The number of benzene rings is 2. The fourth-order valence-corrected chi connectivity index (χ4v) is 3.96. The van der Waals surface area contributed by atoms with Gasteiger partial charge in [-0.1, -0.05) is 23.5 Å². The number of carbonyl (C=O) groups excluding carboxylic acids is 1. The molecule has 0 unspecified atom stereocenters. The molecule has 1 N–H and O–H groups in total. The van der Waals surface area contributed by atoms with Crippen molar-refractivity contribution in [3.63, 3.8) is 0 Å². The molecule has 0 spiro atoms. The topological polar surface area (TPSA) is 59.8 Å². The Labute approximate surface area is 160 Å². The molecule has 0 aliphatic carbocycles. The van der Waals surface area contributed by atoms with Gasteiger partial charge < -0.3 is 5.32 Å². The fourth-order valence-electron chi connectivity index (χ4n) is 2.54. The predicted molar refractivity (Wildman–Crippen MR) is 104 cm³/mol. The van der Waals surface area contributed by atoms with Crippen molar-refractivity contribution in [2.75, 3.05) is 5.32 Å². The summed E-state index contributed by atoms with van der Waals surface area (Å²) in [7, 11) is 0. The van der Waals surface area contributed by atoms with Gasteiger partial charge in [0.2, 0.25) is 5.13 Å². The van der Waals surface area contributed by atoms with Gasteiger partial charge in [-0.25, -0.2) is 9.37 Å². The van der Waals surface area contributed by atoms with Crippen LogP contribution in [0, 0.1) is 12.7 Å². The number of fused-ring (bicyclic) bond motifs is 1. The third kappa shape index (κ3) is 3.13. The molecule has 0 saturated carbocycles. The quantitative estimate of drug-likeness (QED) is 0.500. The minimum atomic E-state index is -0.313. The Morgan fingerprint density at radius 2 is 2.04 bits per heavy atom. The molecule has 130 valence electrons. The summed E-state index contributed by atoms with van der Waals surface area (Å²) in [5.74, 6) is -0.0691. The summed E-state index contributed by atoms with van der Waals surface area (Å²) >= 11 is 4.69. The van der Waals surface area contributed by atoms with E-state index in [0.29, 0.717) is 26.5 Å². The molecule has 0 aliphatic heterocycles. The number of aromatic nitrogens is 3. The third-order valence-electron chi connectivity index (χ3n) is 3.71. The number of rotatable bonds is 3. The molecule has 0 radical (unpaired) electrons. The van der Waals surface area contributed by atoms with E-state index in [2.05, 4.69) is 31.3 Å². The molecule has 5 nitrogen and oxygen atoms in total. The van der Waals surface area contributed by atoms with Crippen LogP contribution >= 0.6 is 27.3 Å². The van der Waals surface area contributed by atoms with Crippen LogP contribution in [-0.4, -0.2) is 20.7 Å². The van der Waals surface area contributed by atoms with Gasteiger partial charge in [0.25, 0.3) is 5.91 Å². The SMILES string of the molecule is Cc1cc(NC(=O)c2ccccc2Br)n(-c2nc3ccc(F)cc3s2)n1. The van der Waals surface area contributed by atoms with Crippen molar-refractivity contribution in [1.29, 1.82) is 0 Å². The summed E-state index contributed by atoms with van der Waals surface area (Å²) in [4.78, 5) is 17.1. The van der Waals surface area contributed by atoms with Crippen LogP contribution in [0.3, 0.4) is 0 Å². The molecular formula is C18H12BrFN4OS. The first-order valence-corrected chi connectivity index (χ1v) is 9.31. The maximum absolute atomic E-state index is 13.4. The lowest BCUT2D eigenvalue weighted by Crippen LogP contribution is -2.15. The largest absolute Gasteiger partial charge is 0.306 e. The maximum Gasteiger partial charge on any atom is 0.257 e. The van der Waals surface area contributed by atoms with Crippen LogP contribution in [0.4, 0.5) is 10.2 Å². The van der Waals surface area contributed by atoms with Gasteiger partial charge >= 0.3 is 0 Å². The Hall–Kier alpha value is -2.58. The average Bonchev–Trinajstić information content (AvgIpc) is 3.17. The summed E-state index contributed by atoms with van der Waals surface area (Å²) in [5, 5.41) is 7.84. The molecule has 0 fully saturated rings. The van der Waals surface area contributed by atoms with Gasteiger partial charge in [0.1, 0.15) is 11.6 Å². The Morgan fingerprint density at radius 3 is 2.85 bits per heavy atom. The zero-order valence-corrected chi connectivity index (χ0v) is 15.9. The third-order valence-corrected chi connectivity index (χ3v) is 5.40. The first-order chi connectivity index (χ1) is 12.5. The molecular weight excluding hydrogens is 419 g/mol. The lowest BCUT2D eigenvalue weighted by Gasteiger charge is -2.07. The molecule has 0 atom stereocenters. The standard InChI is InChI=1S/C18H12BrFN4OS/c1-10-8-16(22-17(25)12-4-2-3-5-13(12)19)24(23-10)18-21-14-7-6-11(20)9-15(14)26-18/h2-9H,1H3,(H,22,25). The van der Waals surface area contributed by atoms with E-state index >= 15 is 0 Å². The van der Waals surface area contributed by atoms with Crippen LogP contribution in [0.1, 0.15) is 16.1 Å².